The Morgan fingerprint density at radius 1 is 1.38 bits per heavy atom. The minimum atomic E-state index is -0.546. The van der Waals surface area contributed by atoms with E-state index in [1.165, 1.54) is 37.3 Å². The van der Waals surface area contributed by atoms with Crippen molar-refractivity contribution in [3.8, 4) is 0 Å². The summed E-state index contributed by atoms with van der Waals surface area (Å²) in [4.78, 5) is 37.8. The molecule has 0 unspecified atom stereocenters. The van der Waals surface area contributed by atoms with Gasteiger partial charge in [0, 0.05) is 11.8 Å². The maximum Gasteiger partial charge on any atom is 0.358 e. The van der Waals surface area contributed by atoms with Gasteiger partial charge in [-0.1, -0.05) is 13.3 Å². The largest absolute Gasteiger partial charge is 0.464 e. The Morgan fingerprint density at radius 2 is 2.19 bits per heavy atom. The Labute approximate surface area is 125 Å². The fourth-order valence-electron chi connectivity index (χ4n) is 1.59. The van der Waals surface area contributed by atoms with Gasteiger partial charge >= 0.3 is 5.97 Å². The number of methoxy groups -OCH3 is 1. The predicted octanol–water partition coefficient (Wildman–Crippen LogP) is 1.45. The third-order valence-electron chi connectivity index (χ3n) is 2.50. The second-order valence-corrected chi connectivity index (χ2v) is 5.13. The first-order valence-corrected chi connectivity index (χ1v) is 7.12. The van der Waals surface area contributed by atoms with Gasteiger partial charge < -0.3 is 9.72 Å². The summed E-state index contributed by atoms with van der Waals surface area (Å²) in [5.41, 5.74) is 0.668. The molecule has 0 aliphatic rings. The summed E-state index contributed by atoms with van der Waals surface area (Å²) in [6, 6.07) is 1.49. The highest BCUT2D eigenvalue weighted by Crippen LogP contribution is 2.21. The first-order chi connectivity index (χ1) is 10.1. The number of aryl methyl sites for hydroxylation is 1. The first-order valence-electron chi connectivity index (χ1n) is 6.31. The number of aromatic nitrogens is 4. The molecule has 21 heavy (non-hydrogen) atoms. The van der Waals surface area contributed by atoms with Crippen molar-refractivity contribution in [2.24, 2.45) is 0 Å². The molecule has 0 aromatic carbocycles. The first kappa shape index (κ1) is 15.2. The average molecular weight is 306 g/mol. The molecule has 8 heteroatoms. The van der Waals surface area contributed by atoms with Crippen LogP contribution in [0.15, 0.2) is 33.4 Å². The summed E-state index contributed by atoms with van der Waals surface area (Å²) in [5.74, 6) is -0.546. The molecule has 0 saturated heterocycles. The Bertz CT molecular complexity index is 685. The summed E-state index contributed by atoms with van der Waals surface area (Å²) in [6.07, 6.45) is 4.41. The topological polar surface area (TPSA) is 97.8 Å². The molecule has 0 spiro atoms. The van der Waals surface area contributed by atoms with Gasteiger partial charge in [0.1, 0.15) is 5.03 Å². The van der Waals surface area contributed by atoms with Crippen LogP contribution in [0.3, 0.4) is 0 Å². The van der Waals surface area contributed by atoms with Gasteiger partial charge in [-0.3, -0.25) is 4.79 Å². The highest BCUT2D eigenvalue weighted by molar-refractivity contribution is 7.99. The number of esters is 1. The Morgan fingerprint density at radius 3 is 2.81 bits per heavy atom. The number of H-pyrrole nitrogens is 1. The lowest BCUT2D eigenvalue weighted by atomic mass is 10.2. The molecule has 2 aromatic rings. The van der Waals surface area contributed by atoms with E-state index in [-0.39, 0.29) is 11.3 Å². The van der Waals surface area contributed by atoms with Gasteiger partial charge in [0.15, 0.2) is 10.9 Å². The van der Waals surface area contributed by atoms with Crippen LogP contribution in [0.4, 0.5) is 0 Å². The second kappa shape index (κ2) is 6.98. The van der Waals surface area contributed by atoms with E-state index in [4.69, 9.17) is 0 Å². The van der Waals surface area contributed by atoms with Crippen LogP contribution in [0.5, 0.6) is 0 Å². The van der Waals surface area contributed by atoms with Crippen molar-refractivity contribution in [2.45, 2.75) is 29.9 Å². The highest BCUT2D eigenvalue weighted by Gasteiger charge is 2.09. The minimum Gasteiger partial charge on any atom is -0.464 e. The van der Waals surface area contributed by atoms with Crippen molar-refractivity contribution in [2.75, 3.05) is 7.11 Å². The van der Waals surface area contributed by atoms with E-state index in [1.807, 2.05) is 6.92 Å². The molecule has 7 nitrogen and oxygen atoms in total. The van der Waals surface area contributed by atoms with Crippen LogP contribution in [0.1, 0.15) is 29.5 Å². The zero-order valence-corrected chi connectivity index (χ0v) is 12.4. The quantitative estimate of drug-likeness (QED) is 0.659. The van der Waals surface area contributed by atoms with E-state index in [1.54, 1.807) is 0 Å². The number of rotatable bonds is 5. The van der Waals surface area contributed by atoms with E-state index in [9.17, 15) is 9.59 Å². The zero-order valence-electron chi connectivity index (χ0n) is 11.6. The van der Waals surface area contributed by atoms with Crippen LogP contribution in [0, 0.1) is 0 Å². The normalized spacial score (nSPS) is 10.4. The molecule has 1 N–H and O–H groups in total. The predicted molar refractivity (Wildman–Crippen MR) is 76.3 cm³/mol. The number of hydrogen-bond acceptors (Lipinski definition) is 7. The van der Waals surface area contributed by atoms with Gasteiger partial charge in [-0.05, 0) is 18.2 Å². The van der Waals surface area contributed by atoms with Crippen LogP contribution in [-0.4, -0.2) is 33.0 Å². The number of carbonyl (C=O) groups is 1. The van der Waals surface area contributed by atoms with Gasteiger partial charge in [-0.25, -0.2) is 19.7 Å². The molecule has 2 rings (SSSR count). The number of hydrogen-bond donors (Lipinski definition) is 1. The SMILES string of the molecule is CCCc1cc(=O)[nH]c(Sc2cnc(C(=O)OC)cn2)n1. The zero-order chi connectivity index (χ0) is 15.2. The molecule has 0 bridgehead atoms. The molecular weight excluding hydrogens is 292 g/mol. The molecule has 0 aliphatic heterocycles. The third kappa shape index (κ3) is 4.12. The van der Waals surface area contributed by atoms with Gasteiger partial charge in [-0.2, -0.15) is 0 Å². The van der Waals surface area contributed by atoms with Gasteiger partial charge in [0.05, 0.1) is 19.5 Å². The van der Waals surface area contributed by atoms with Crippen LogP contribution in [-0.2, 0) is 11.2 Å². The monoisotopic (exact) mass is 306 g/mol. The molecule has 0 amide bonds. The fourth-order valence-corrected chi connectivity index (χ4v) is 2.32. The molecule has 0 aliphatic carbocycles. The lowest BCUT2D eigenvalue weighted by Gasteiger charge is -2.03. The maximum absolute atomic E-state index is 11.6. The van der Waals surface area contributed by atoms with Crippen molar-refractivity contribution < 1.29 is 9.53 Å². The van der Waals surface area contributed by atoms with Gasteiger partial charge in [0.2, 0.25) is 0 Å². The van der Waals surface area contributed by atoms with E-state index in [0.717, 1.165) is 18.5 Å². The van der Waals surface area contributed by atoms with Gasteiger partial charge in [-0.15, -0.1) is 0 Å². The lowest BCUT2D eigenvalue weighted by Crippen LogP contribution is -2.10. The molecule has 110 valence electrons. The maximum atomic E-state index is 11.6. The number of nitrogens with one attached hydrogen (secondary N) is 1. The minimum absolute atomic E-state index is 0.128. The van der Waals surface area contributed by atoms with E-state index in [2.05, 4.69) is 24.7 Å². The number of aromatic amines is 1. The summed E-state index contributed by atoms with van der Waals surface area (Å²) < 4.78 is 4.54. The summed E-state index contributed by atoms with van der Waals surface area (Å²) in [7, 11) is 1.28. The highest BCUT2D eigenvalue weighted by atomic mass is 32.2. The number of nitrogens with zero attached hydrogens (tertiary/aromatic N) is 3. The Balaban J connectivity index is 2.18. The molecule has 0 saturated carbocycles. The molecular formula is C13H14N4O3S. The summed E-state index contributed by atoms with van der Waals surface area (Å²) >= 11 is 1.18. The Kier molecular flexibility index (Phi) is 5.04. The number of ether oxygens (including phenoxy) is 1. The average Bonchev–Trinajstić information content (AvgIpc) is 2.47. The van der Waals surface area contributed by atoms with E-state index in [0.29, 0.717) is 10.2 Å². The lowest BCUT2D eigenvalue weighted by molar-refractivity contribution is 0.0593. The molecule has 0 atom stereocenters. The van der Waals surface area contributed by atoms with Gasteiger partial charge in [0.25, 0.3) is 5.56 Å². The molecule has 0 radical (unpaired) electrons. The molecule has 2 aromatic heterocycles. The van der Waals surface area contributed by atoms with Crippen LogP contribution in [0.2, 0.25) is 0 Å². The van der Waals surface area contributed by atoms with Crippen LogP contribution in [0.25, 0.3) is 0 Å². The fraction of sp³-hybridized carbons (Fsp3) is 0.308. The van der Waals surface area contributed by atoms with Crippen molar-refractivity contribution in [1.29, 1.82) is 0 Å². The molecule has 2 heterocycles. The summed E-state index contributed by atoms with van der Waals surface area (Å²) in [6.45, 7) is 2.02. The van der Waals surface area contributed by atoms with Crippen molar-refractivity contribution in [1.82, 2.24) is 19.9 Å². The van der Waals surface area contributed by atoms with E-state index < -0.39 is 5.97 Å². The summed E-state index contributed by atoms with van der Waals surface area (Å²) in [5, 5.41) is 0.977. The molecule has 0 fully saturated rings. The van der Waals surface area contributed by atoms with Crippen LogP contribution >= 0.6 is 11.8 Å². The van der Waals surface area contributed by atoms with Crippen molar-refractivity contribution in [3.05, 3.63) is 40.2 Å². The van der Waals surface area contributed by atoms with Crippen LogP contribution < -0.4 is 5.56 Å². The Hall–Kier alpha value is -2.22. The van der Waals surface area contributed by atoms with Crippen molar-refractivity contribution >= 4 is 17.7 Å². The smallest absolute Gasteiger partial charge is 0.358 e. The van der Waals surface area contributed by atoms with E-state index >= 15 is 0 Å². The standard InChI is InChI=1S/C13H14N4O3S/c1-3-4-8-5-10(18)17-13(16-8)21-11-7-14-9(6-15-11)12(19)20-2/h5-7H,3-4H2,1-2H3,(H,16,17,18). The number of carbonyl (C=O) groups excluding carboxylic acids is 1. The third-order valence-corrected chi connectivity index (χ3v) is 3.31. The van der Waals surface area contributed by atoms with Crippen molar-refractivity contribution in [3.63, 3.8) is 0 Å². The second-order valence-electron chi connectivity index (χ2n) is 4.13.